The highest BCUT2D eigenvalue weighted by Gasteiger charge is 2.20. The van der Waals surface area contributed by atoms with Crippen LogP contribution in [-0.2, 0) is 10.0 Å². The molecular formula is C10H15ClN2O4S. The van der Waals surface area contributed by atoms with Crippen molar-refractivity contribution in [2.75, 3.05) is 18.9 Å². The van der Waals surface area contributed by atoms with Crippen molar-refractivity contribution < 1.29 is 18.6 Å². The van der Waals surface area contributed by atoms with Crippen molar-refractivity contribution in [2.45, 2.75) is 17.9 Å². The van der Waals surface area contributed by atoms with E-state index in [-0.39, 0.29) is 15.6 Å². The largest absolute Gasteiger partial charge is 0.398 e. The zero-order chi connectivity index (χ0) is 13.9. The van der Waals surface area contributed by atoms with E-state index in [4.69, 9.17) is 27.5 Å². The molecular weight excluding hydrogens is 280 g/mol. The Morgan fingerprint density at radius 1 is 1.39 bits per heavy atom. The third kappa shape index (κ3) is 3.33. The van der Waals surface area contributed by atoms with Gasteiger partial charge in [-0.3, -0.25) is 0 Å². The van der Waals surface area contributed by atoms with Crippen LogP contribution in [-0.4, -0.2) is 37.9 Å². The quantitative estimate of drug-likeness (QED) is 0.565. The summed E-state index contributed by atoms with van der Waals surface area (Å²) in [6.07, 6.45) is 0. The number of nitrogen functional groups attached to an aromatic ring is 1. The lowest BCUT2D eigenvalue weighted by Gasteiger charge is -2.15. The summed E-state index contributed by atoms with van der Waals surface area (Å²) in [5.41, 5.74) is 6.49. The number of rotatable bonds is 5. The van der Waals surface area contributed by atoms with Crippen LogP contribution in [0.2, 0.25) is 5.02 Å². The van der Waals surface area contributed by atoms with E-state index < -0.39 is 29.3 Å². The van der Waals surface area contributed by atoms with E-state index in [1.165, 1.54) is 12.1 Å². The average molecular weight is 295 g/mol. The molecule has 1 rings (SSSR count). The standard InChI is InChI=1S/C10H15ClN2O4S/c1-6-9(11)2-8(3-10(6)12)18(16,17)13-7(4-14)5-15/h2-3,7,13-15H,4-5,12H2,1H3. The highest BCUT2D eigenvalue weighted by atomic mass is 35.5. The Hall–Kier alpha value is -0.860. The molecule has 0 radical (unpaired) electrons. The summed E-state index contributed by atoms with van der Waals surface area (Å²) >= 11 is 5.86. The summed E-state index contributed by atoms with van der Waals surface area (Å²) in [5, 5.41) is 17.9. The molecule has 0 saturated heterocycles. The maximum atomic E-state index is 11.9. The zero-order valence-corrected chi connectivity index (χ0v) is 11.3. The van der Waals surface area contributed by atoms with Crippen molar-refractivity contribution in [3.8, 4) is 0 Å². The highest BCUT2D eigenvalue weighted by Crippen LogP contribution is 2.25. The second-order valence-electron chi connectivity index (χ2n) is 3.80. The van der Waals surface area contributed by atoms with Crippen molar-refractivity contribution in [1.82, 2.24) is 4.72 Å². The minimum absolute atomic E-state index is 0.109. The molecule has 0 atom stereocenters. The number of aliphatic hydroxyl groups is 2. The Kier molecular flexibility index (Phi) is 4.94. The molecule has 0 aliphatic rings. The fourth-order valence-corrected chi connectivity index (χ4v) is 2.82. The molecule has 5 N–H and O–H groups in total. The van der Waals surface area contributed by atoms with Gasteiger partial charge in [0.15, 0.2) is 0 Å². The molecule has 0 fully saturated rings. The number of anilines is 1. The Balaban J connectivity index is 3.13. The second kappa shape index (κ2) is 5.85. The summed E-state index contributed by atoms with van der Waals surface area (Å²) in [6.45, 7) is 0.654. The summed E-state index contributed by atoms with van der Waals surface area (Å²) in [5.74, 6) is 0. The summed E-state index contributed by atoms with van der Waals surface area (Å²) in [6, 6.07) is 1.58. The monoisotopic (exact) mass is 294 g/mol. The van der Waals surface area contributed by atoms with Gasteiger partial charge in [0.1, 0.15) is 0 Å². The summed E-state index contributed by atoms with van der Waals surface area (Å²) < 4.78 is 26.0. The predicted octanol–water partition coefficient (Wildman–Crippen LogP) is -0.138. The van der Waals surface area contributed by atoms with Gasteiger partial charge in [-0.2, -0.15) is 0 Å². The van der Waals surface area contributed by atoms with E-state index in [1.54, 1.807) is 6.92 Å². The number of hydrogen-bond donors (Lipinski definition) is 4. The molecule has 0 unspecified atom stereocenters. The third-order valence-corrected chi connectivity index (χ3v) is 4.32. The van der Waals surface area contributed by atoms with Gasteiger partial charge in [-0.25, -0.2) is 13.1 Å². The van der Waals surface area contributed by atoms with Crippen LogP contribution < -0.4 is 10.5 Å². The van der Waals surface area contributed by atoms with Crippen LogP contribution in [0.3, 0.4) is 0 Å². The second-order valence-corrected chi connectivity index (χ2v) is 5.92. The van der Waals surface area contributed by atoms with Gasteiger partial charge in [0.2, 0.25) is 10.0 Å². The van der Waals surface area contributed by atoms with Gasteiger partial charge in [0.05, 0.1) is 24.2 Å². The summed E-state index contributed by atoms with van der Waals surface area (Å²) in [4.78, 5) is -0.109. The van der Waals surface area contributed by atoms with Gasteiger partial charge in [-0.15, -0.1) is 0 Å². The lowest BCUT2D eigenvalue weighted by Crippen LogP contribution is -2.40. The maximum absolute atomic E-state index is 11.9. The van der Waals surface area contributed by atoms with Crippen LogP contribution in [0.4, 0.5) is 5.69 Å². The molecule has 1 aromatic carbocycles. The maximum Gasteiger partial charge on any atom is 0.241 e. The third-order valence-electron chi connectivity index (χ3n) is 2.43. The molecule has 0 aliphatic heterocycles. The van der Waals surface area contributed by atoms with E-state index in [9.17, 15) is 8.42 Å². The van der Waals surface area contributed by atoms with E-state index >= 15 is 0 Å². The first-order chi connectivity index (χ1) is 8.31. The molecule has 18 heavy (non-hydrogen) atoms. The molecule has 0 aromatic heterocycles. The van der Waals surface area contributed by atoms with Crippen LogP contribution in [0.5, 0.6) is 0 Å². The van der Waals surface area contributed by atoms with Gasteiger partial charge in [-0.05, 0) is 24.6 Å². The Bertz CT molecular complexity index is 506. The predicted molar refractivity (Wildman–Crippen MR) is 68.9 cm³/mol. The van der Waals surface area contributed by atoms with Crippen molar-refractivity contribution in [3.63, 3.8) is 0 Å². The van der Waals surface area contributed by atoms with Crippen LogP contribution in [0.1, 0.15) is 5.56 Å². The molecule has 6 nitrogen and oxygen atoms in total. The van der Waals surface area contributed by atoms with Crippen LogP contribution in [0, 0.1) is 6.92 Å². The Morgan fingerprint density at radius 2 is 1.94 bits per heavy atom. The molecule has 0 amide bonds. The van der Waals surface area contributed by atoms with Gasteiger partial charge in [-0.1, -0.05) is 11.6 Å². The average Bonchev–Trinajstić information content (AvgIpc) is 2.32. The van der Waals surface area contributed by atoms with E-state index in [1.807, 2.05) is 0 Å². The lowest BCUT2D eigenvalue weighted by atomic mass is 10.2. The number of aliphatic hydroxyl groups excluding tert-OH is 2. The first-order valence-electron chi connectivity index (χ1n) is 5.11. The first kappa shape index (κ1) is 15.2. The van der Waals surface area contributed by atoms with Crippen LogP contribution in [0.15, 0.2) is 17.0 Å². The van der Waals surface area contributed by atoms with Crippen molar-refractivity contribution >= 4 is 27.3 Å². The van der Waals surface area contributed by atoms with Gasteiger partial charge in [0.25, 0.3) is 0 Å². The molecule has 0 heterocycles. The van der Waals surface area contributed by atoms with E-state index in [0.29, 0.717) is 5.56 Å². The minimum Gasteiger partial charge on any atom is -0.398 e. The molecule has 0 bridgehead atoms. The number of halogens is 1. The normalized spacial score (nSPS) is 12.1. The minimum atomic E-state index is -3.88. The van der Waals surface area contributed by atoms with Crippen molar-refractivity contribution in [2.24, 2.45) is 0 Å². The fourth-order valence-electron chi connectivity index (χ4n) is 1.25. The molecule has 1 aromatic rings. The molecule has 0 aliphatic carbocycles. The smallest absolute Gasteiger partial charge is 0.241 e. The van der Waals surface area contributed by atoms with Crippen molar-refractivity contribution in [3.05, 3.63) is 22.7 Å². The Morgan fingerprint density at radius 3 is 2.39 bits per heavy atom. The Labute approximate surface area is 110 Å². The van der Waals surface area contributed by atoms with Crippen molar-refractivity contribution in [1.29, 1.82) is 0 Å². The molecule has 8 heteroatoms. The SMILES string of the molecule is Cc1c(N)cc(S(=O)(=O)NC(CO)CO)cc1Cl. The summed E-state index contributed by atoms with van der Waals surface area (Å²) in [7, 11) is -3.88. The van der Waals surface area contributed by atoms with Gasteiger partial charge < -0.3 is 15.9 Å². The van der Waals surface area contributed by atoms with Gasteiger partial charge in [0, 0.05) is 10.7 Å². The van der Waals surface area contributed by atoms with Crippen LogP contribution in [0.25, 0.3) is 0 Å². The fraction of sp³-hybridized carbons (Fsp3) is 0.400. The van der Waals surface area contributed by atoms with E-state index in [2.05, 4.69) is 4.72 Å². The number of hydrogen-bond acceptors (Lipinski definition) is 5. The lowest BCUT2D eigenvalue weighted by molar-refractivity contribution is 0.185. The zero-order valence-electron chi connectivity index (χ0n) is 9.72. The highest BCUT2D eigenvalue weighted by molar-refractivity contribution is 7.89. The van der Waals surface area contributed by atoms with E-state index in [0.717, 1.165) is 0 Å². The van der Waals surface area contributed by atoms with Crippen LogP contribution >= 0.6 is 11.6 Å². The van der Waals surface area contributed by atoms with Gasteiger partial charge >= 0.3 is 0 Å². The molecule has 0 spiro atoms. The number of sulfonamides is 1. The first-order valence-corrected chi connectivity index (χ1v) is 6.97. The number of nitrogens with one attached hydrogen (secondary N) is 1. The number of benzene rings is 1. The molecule has 0 saturated carbocycles. The topological polar surface area (TPSA) is 113 Å². The molecule has 102 valence electrons. The number of nitrogens with two attached hydrogens (primary N) is 1.